The number of para-hydroxylation sites is 1. The molecule has 1 N–H and O–H groups in total. The molecule has 0 aliphatic carbocycles. The lowest BCUT2D eigenvalue weighted by molar-refractivity contribution is 0.657. The van der Waals surface area contributed by atoms with Crippen LogP contribution in [0.5, 0.6) is 0 Å². The van der Waals surface area contributed by atoms with Crippen molar-refractivity contribution in [3.63, 3.8) is 0 Å². The second kappa shape index (κ2) is 4.96. The van der Waals surface area contributed by atoms with E-state index in [0.717, 1.165) is 26.5 Å². The molecule has 0 fully saturated rings. The fourth-order valence-electron chi connectivity index (χ4n) is 2.36. The van der Waals surface area contributed by atoms with E-state index in [0.29, 0.717) is 0 Å². The highest BCUT2D eigenvalue weighted by molar-refractivity contribution is 7.10. The molecule has 0 saturated carbocycles. The number of hydrogen-bond donors (Lipinski definition) is 1. The Morgan fingerprint density at radius 3 is 2.79 bits per heavy atom. The third-order valence-electron chi connectivity index (χ3n) is 3.26. The van der Waals surface area contributed by atoms with Gasteiger partial charge in [-0.2, -0.15) is 5.10 Å². The van der Waals surface area contributed by atoms with Crippen LogP contribution in [0, 0.1) is 0 Å². The maximum atomic E-state index is 6.26. The van der Waals surface area contributed by atoms with Crippen molar-refractivity contribution in [3.05, 3.63) is 51.3 Å². The number of hydrogen-bond acceptors (Lipinski definition) is 3. The minimum Gasteiger partial charge on any atom is -0.307 e. The number of aromatic nitrogens is 2. The van der Waals surface area contributed by atoms with Crippen LogP contribution in [0.4, 0.5) is 0 Å². The first-order valence-electron chi connectivity index (χ1n) is 6.04. The molecule has 3 nitrogen and oxygen atoms in total. The van der Waals surface area contributed by atoms with E-state index in [4.69, 9.17) is 11.6 Å². The van der Waals surface area contributed by atoms with Crippen LogP contribution in [0.1, 0.15) is 16.6 Å². The SMILES string of the molecule is CNC(c1sccc1Cl)c1nn(C)c2ccccc12. The fraction of sp³-hybridized carbons (Fsp3) is 0.214. The predicted molar refractivity (Wildman–Crippen MR) is 80.9 cm³/mol. The lowest BCUT2D eigenvalue weighted by atomic mass is 10.1. The minimum atomic E-state index is 0.0265. The Labute approximate surface area is 120 Å². The average molecular weight is 292 g/mol. The van der Waals surface area contributed by atoms with Crippen LogP contribution in [-0.4, -0.2) is 16.8 Å². The number of rotatable bonds is 3. The minimum absolute atomic E-state index is 0.0265. The zero-order chi connectivity index (χ0) is 13.4. The summed E-state index contributed by atoms with van der Waals surface area (Å²) in [5, 5.41) is 11.9. The molecule has 19 heavy (non-hydrogen) atoms. The first-order valence-corrected chi connectivity index (χ1v) is 7.30. The summed E-state index contributed by atoms with van der Waals surface area (Å²) in [5.41, 5.74) is 2.15. The lowest BCUT2D eigenvalue weighted by Crippen LogP contribution is -2.17. The second-order valence-electron chi connectivity index (χ2n) is 4.38. The van der Waals surface area contributed by atoms with Gasteiger partial charge in [0.15, 0.2) is 0 Å². The second-order valence-corrected chi connectivity index (χ2v) is 5.74. The summed E-state index contributed by atoms with van der Waals surface area (Å²) in [5.74, 6) is 0. The van der Waals surface area contributed by atoms with Crippen molar-refractivity contribution >= 4 is 33.8 Å². The molecule has 0 radical (unpaired) electrons. The van der Waals surface area contributed by atoms with Crippen LogP contribution in [0.15, 0.2) is 35.7 Å². The van der Waals surface area contributed by atoms with Gasteiger partial charge in [0.25, 0.3) is 0 Å². The van der Waals surface area contributed by atoms with Gasteiger partial charge in [-0.15, -0.1) is 11.3 Å². The van der Waals surface area contributed by atoms with Crippen LogP contribution in [0.3, 0.4) is 0 Å². The highest BCUT2D eigenvalue weighted by Gasteiger charge is 2.22. The first-order chi connectivity index (χ1) is 9.22. The number of aryl methyl sites for hydroxylation is 1. The summed E-state index contributed by atoms with van der Waals surface area (Å²) in [6.45, 7) is 0. The van der Waals surface area contributed by atoms with Gasteiger partial charge in [0.1, 0.15) is 0 Å². The van der Waals surface area contributed by atoms with Gasteiger partial charge < -0.3 is 5.32 Å². The normalized spacial score (nSPS) is 13.0. The van der Waals surface area contributed by atoms with E-state index in [1.807, 2.05) is 42.4 Å². The van der Waals surface area contributed by atoms with Crippen LogP contribution in [0.2, 0.25) is 5.02 Å². The van der Waals surface area contributed by atoms with Gasteiger partial charge >= 0.3 is 0 Å². The Bertz CT molecular complexity index is 716. The predicted octanol–water partition coefficient (Wildman–Crippen LogP) is 3.60. The Balaban J connectivity index is 2.20. The van der Waals surface area contributed by atoms with E-state index in [2.05, 4.69) is 22.5 Å². The summed E-state index contributed by atoms with van der Waals surface area (Å²) in [7, 11) is 3.90. The lowest BCUT2D eigenvalue weighted by Gasteiger charge is -2.13. The van der Waals surface area contributed by atoms with E-state index in [9.17, 15) is 0 Å². The third kappa shape index (κ3) is 2.06. The molecule has 3 aromatic rings. The summed E-state index contributed by atoms with van der Waals surface area (Å²) >= 11 is 7.91. The van der Waals surface area contributed by atoms with Gasteiger partial charge in [-0.05, 0) is 24.6 Å². The van der Waals surface area contributed by atoms with E-state index < -0.39 is 0 Å². The molecule has 1 unspecified atom stereocenters. The van der Waals surface area contributed by atoms with Crippen molar-refractivity contribution in [2.75, 3.05) is 7.05 Å². The highest BCUT2D eigenvalue weighted by Crippen LogP contribution is 2.34. The monoisotopic (exact) mass is 291 g/mol. The average Bonchev–Trinajstić information content (AvgIpc) is 2.98. The van der Waals surface area contributed by atoms with E-state index in [1.165, 1.54) is 0 Å². The molecule has 0 spiro atoms. The summed E-state index contributed by atoms with van der Waals surface area (Å²) in [6, 6.07) is 10.2. The molecule has 0 aliphatic rings. The Morgan fingerprint density at radius 2 is 2.11 bits per heavy atom. The summed E-state index contributed by atoms with van der Waals surface area (Å²) in [6.07, 6.45) is 0. The van der Waals surface area contributed by atoms with Gasteiger partial charge in [0, 0.05) is 17.3 Å². The molecule has 0 saturated heterocycles. The fourth-order valence-corrected chi connectivity index (χ4v) is 3.64. The molecule has 3 rings (SSSR count). The molecule has 1 aromatic carbocycles. The number of fused-ring (bicyclic) bond motifs is 1. The highest BCUT2D eigenvalue weighted by atomic mass is 35.5. The Hall–Kier alpha value is -1.36. The first kappa shape index (κ1) is 12.7. The van der Waals surface area contributed by atoms with Gasteiger partial charge in [0.05, 0.1) is 22.3 Å². The third-order valence-corrected chi connectivity index (χ3v) is 4.68. The van der Waals surface area contributed by atoms with Crippen molar-refractivity contribution in [1.82, 2.24) is 15.1 Å². The number of halogens is 1. The van der Waals surface area contributed by atoms with E-state index >= 15 is 0 Å². The van der Waals surface area contributed by atoms with Crippen molar-refractivity contribution < 1.29 is 0 Å². The number of nitrogens with zero attached hydrogens (tertiary/aromatic N) is 2. The van der Waals surface area contributed by atoms with Gasteiger partial charge in [-0.3, -0.25) is 4.68 Å². The molecular formula is C14H14ClN3S. The molecule has 0 bridgehead atoms. The molecule has 0 aliphatic heterocycles. The zero-order valence-corrected chi connectivity index (χ0v) is 12.3. The Kier molecular flexibility index (Phi) is 3.31. The molecule has 2 heterocycles. The standard InChI is InChI=1S/C14H14ClN3S/c1-16-13(14-10(15)7-8-19-14)12-9-5-3-4-6-11(9)18(2)17-12/h3-8,13,16H,1-2H3. The quantitative estimate of drug-likeness (QED) is 0.799. The maximum Gasteiger partial charge on any atom is 0.0926 e. The molecule has 98 valence electrons. The van der Waals surface area contributed by atoms with Crippen LogP contribution in [-0.2, 0) is 7.05 Å². The number of nitrogens with one attached hydrogen (secondary N) is 1. The zero-order valence-electron chi connectivity index (χ0n) is 10.7. The van der Waals surface area contributed by atoms with Crippen molar-refractivity contribution in [2.45, 2.75) is 6.04 Å². The van der Waals surface area contributed by atoms with Gasteiger partial charge in [-0.1, -0.05) is 29.8 Å². The molecular weight excluding hydrogens is 278 g/mol. The van der Waals surface area contributed by atoms with E-state index in [-0.39, 0.29) is 6.04 Å². The van der Waals surface area contributed by atoms with Crippen LogP contribution < -0.4 is 5.32 Å². The molecule has 1 atom stereocenters. The van der Waals surface area contributed by atoms with Crippen molar-refractivity contribution in [2.24, 2.45) is 7.05 Å². The Morgan fingerprint density at radius 1 is 1.32 bits per heavy atom. The molecule has 2 aromatic heterocycles. The smallest absolute Gasteiger partial charge is 0.0926 e. The van der Waals surface area contributed by atoms with Crippen molar-refractivity contribution in [1.29, 1.82) is 0 Å². The van der Waals surface area contributed by atoms with Gasteiger partial charge in [0.2, 0.25) is 0 Å². The molecule has 0 amide bonds. The van der Waals surface area contributed by atoms with Crippen LogP contribution in [0.25, 0.3) is 10.9 Å². The summed E-state index contributed by atoms with van der Waals surface area (Å²) in [4.78, 5) is 1.10. The van der Waals surface area contributed by atoms with E-state index in [1.54, 1.807) is 11.3 Å². The number of thiophene rings is 1. The number of benzene rings is 1. The largest absolute Gasteiger partial charge is 0.307 e. The molecule has 5 heteroatoms. The van der Waals surface area contributed by atoms with Crippen molar-refractivity contribution in [3.8, 4) is 0 Å². The van der Waals surface area contributed by atoms with Gasteiger partial charge in [-0.25, -0.2) is 0 Å². The topological polar surface area (TPSA) is 29.9 Å². The van der Waals surface area contributed by atoms with Crippen LogP contribution >= 0.6 is 22.9 Å². The summed E-state index contributed by atoms with van der Waals surface area (Å²) < 4.78 is 1.91. The maximum absolute atomic E-state index is 6.26.